The van der Waals surface area contributed by atoms with Gasteiger partial charge in [0, 0.05) is 5.54 Å². The van der Waals surface area contributed by atoms with Gasteiger partial charge in [0.05, 0.1) is 0 Å². The third-order valence-corrected chi connectivity index (χ3v) is 3.76. The fourth-order valence-corrected chi connectivity index (χ4v) is 2.29. The predicted molar refractivity (Wildman–Crippen MR) is 74.7 cm³/mol. The van der Waals surface area contributed by atoms with Crippen LogP contribution in [0, 0.1) is 0 Å². The molecular weight excluding hydrogens is 194 g/mol. The fourth-order valence-electron chi connectivity index (χ4n) is 2.29. The van der Waals surface area contributed by atoms with Crippen molar-refractivity contribution in [1.29, 1.82) is 0 Å². The van der Waals surface area contributed by atoms with Crippen molar-refractivity contribution in [3.63, 3.8) is 0 Å². The van der Waals surface area contributed by atoms with E-state index in [2.05, 4.69) is 20.8 Å². The lowest BCUT2D eigenvalue weighted by atomic mass is 9.85. The van der Waals surface area contributed by atoms with Crippen LogP contribution in [0.1, 0.15) is 91.4 Å². The molecule has 0 aliphatic carbocycles. The van der Waals surface area contributed by atoms with Gasteiger partial charge in [-0.05, 0) is 19.3 Å². The van der Waals surface area contributed by atoms with Crippen LogP contribution in [0.25, 0.3) is 0 Å². The Morgan fingerprint density at radius 1 is 0.688 bits per heavy atom. The largest absolute Gasteiger partial charge is 0.325 e. The molecule has 16 heavy (non-hydrogen) atoms. The van der Waals surface area contributed by atoms with Crippen molar-refractivity contribution in [2.24, 2.45) is 5.73 Å². The summed E-state index contributed by atoms with van der Waals surface area (Å²) in [6.07, 6.45) is 14.4. The number of rotatable bonds is 11. The van der Waals surface area contributed by atoms with Crippen LogP contribution in [0.5, 0.6) is 0 Å². The molecule has 0 fully saturated rings. The number of hydrogen-bond acceptors (Lipinski definition) is 1. The van der Waals surface area contributed by atoms with Gasteiger partial charge in [0.1, 0.15) is 0 Å². The highest BCUT2D eigenvalue weighted by Crippen LogP contribution is 2.23. The summed E-state index contributed by atoms with van der Waals surface area (Å²) in [5.74, 6) is 0. The molecule has 0 aliphatic heterocycles. The summed E-state index contributed by atoms with van der Waals surface area (Å²) in [6, 6.07) is 0. The smallest absolute Gasteiger partial charge is 0.0151 e. The van der Waals surface area contributed by atoms with E-state index >= 15 is 0 Å². The third-order valence-electron chi connectivity index (χ3n) is 3.76. The molecule has 0 saturated heterocycles. The molecular formula is C15H33N. The van der Waals surface area contributed by atoms with E-state index in [0.29, 0.717) is 0 Å². The minimum absolute atomic E-state index is 0.140. The van der Waals surface area contributed by atoms with Crippen LogP contribution < -0.4 is 5.73 Å². The van der Waals surface area contributed by atoms with Crippen LogP contribution in [-0.2, 0) is 0 Å². The van der Waals surface area contributed by atoms with E-state index in [0.717, 1.165) is 6.42 Å². The molecule has 0 aromatic rings. The Balaban J connectivity index is 3.64. The maximum atomic E-state index is 6.46. The second-order valence-electron chi connectivity index (χ2n) is 5.34. The lowest BCUT2D eigenvalue weighted by Crippen LogP contribution is -2.38. The van der Waals surface area contributed by atoms with Gasteiger partial charge in [0.25, 0.3) is 0 Å². The highest BCUT2D eigenvalue weighted by molar-refractivity contribution is 4.82. The molecule has 0 unspecified atom stereocenters. The molecule has 0 amide bonds. The van der Waals surface area contributed by atoms with Gasteiger partial charge >= 0.3 is 0 Å². The summed E-state index contributed by atoms with van der Waals surface area (Å²) >= 11 is 0. The van der Waals surface area contributed by atoms with E-state index in [-0.39, 0.29) is 5.54 Å². The fraction of sp³-hybridized carbons (Fsp3) is 1.00. The molecule has 0 atom stereocenters. The van der Waals surface area contributed by atoms with Crippen LogP contribution >= 0.6 is 0 Å². The van der Waals surface area contributed by atoms with Crippen molar-refractivity contribution < 1.29 is 0 Å². The van der Waals surface area contributed by atoms with Gasteiger partial charge in [0.2, 0.25) is 0 Å². The van der Waals surface area contributed by atoms with E-state index in [1.807, 2.05) is 0 Å². The number of hydrogen-bond donors (Lipinski definition) is 1. The molecule has 0 saturated carbocycles. The Hall–Kier alpha value is -0.0400. The molecule has 0 radical (unpaired) electrons. The maximum Gasteiger partial charge on any atom is 0.0151 e. The zero-order valence-electron chi connectivity index (χ0n) is 11.9. The van der Waals surface area contributed by atoms with Gasteiger partial charge in [-0.25, -0.2) is 0 Å². The van der Waals surface area contributed by atoms with Gasteiger partial charge in [-0.2, -0.15) is 0 Å². The molecule has 0 spiro atoms. The molecule has 2 N–H and O–H groups in total. The zero-order chi connectivity index (χ0) is 12.3. The normalized spacial score (nSPS) is 12.0. The first-order chi connectivity index (χ1) is 7.68. The molecule has 98 valence electrons. The van der Waals surface area contributed by atoms with Crippen molar-refractivity contribution in [3.8, 4) is 0 Å². The first-order valence-electron chi connectivity index (χ1n) is 7.47. The summed E-state index contributed by atoms with van der Waals surface area (Å²) in [5, 5.41) is 0. The SMILES string of the molecule is CCCCCCC(N)(CC)CCCCCC. The van der Waals surface area contributed by atoms with Crippen LogP contribution in [0.15, 0.2) is 0 Å². The van der Waals surface area contributed by atoms with E-state index in [1.54, 1.807) is 0 Å². The Morgan fingerprint density at radius 3 is 1.44 bits per heavy atom. The second-order valence-corrected chi connectivity index (χ2v) is 5.34. The van der Waals surface area contributed by atoms with Crippen molar-refractivity contribution in [2.75, 3.05) is 0 Å². The van der Waals surface area contributed by atoms with Gasteiger partial charge in [0.15, 0.2) is 0 Å². The molecule has 0 bridgehead atoms. The van der Waals surface area contributed by atoms with E-state index in [1.165, 1.54) is 64.2 Å². The molecule has 1 nitrogen and oxygen atoms in total. The van der Waals surface area contributed by atoms with Crippen molar-refractivity contribution in [2.45, 2.75) is 96.9 Å². The lowest BCUT2D eigenvalue weighted by Gasteiger charge is -2.28. The van der Waals surface area contributed by atoms with Crippen molar-refractivity contribution >= 4 is 0 Å². The molecule has 0 aromatic carbocycles. The standard InChI is InChI=1S/C15H33N/c1-4-7-9-11-13-15(16,6-3)14-12-10-8-5-2/h4-14,16H2,1-3H3. The summed E-state index contributed by atoms with van der Waals surface area (Å²) in [4.78, 5) is 0. The lowest BCUT2D eigenvalue weighted by molar-refractivity contribution is 0.325. The number of unbranched alkanes of at least 4 members (excludes halogenated alkanes) is 6. The monoisotopic (exact) mass is 227 g/mol. The van der Waals surface area contributed by atoms with E-state index in [9.17, 15) is 0 Å². The van der Waals surface area contributed by atoms with E-state index < -0.39 is 0 Å². The molecule has 0 aliphatic rings. The Kier molecular flexibility index (Phi) is 10.1. The minimum atomic E-state index is 0.140. The van der Waals surface area contributed by atoms with Crippen LogP contribution in [0.3, 0.4) is 0 Å². The Labute approximate surface area is 103 Å². The highest BCUT2D eigenvalue weighted by Gasteiger charge is 2.20. The first kappa shape index (κ1) is 16.0. The molecule has 0 rings (SSSR count). The van der Waals surface area contributed by atoms with Gasteiger partial charge in [-0.3, -0.25) is 0 Å². The van der Waals surface area contributed by atoms with Gasteiger partial charge < -0.3 is 5.73 Å². The van der Waals surface area contributed by atoms with Crippen molar-refractivity contribution in [1.82, 2.24) is 0 Å². The third kappa shape index (κ3) is 8.15. The summed E-state index contributed by atoms with van der Waals surface area (Å²) in [6.45, 7) is 6.78. The van der Waals surface area contributed by atoms with E-state index in [4.69, 9.17) is 5.73 Å². The summed E-state index contributed by atoms with van der Waals surface area (Å²) in [5.41, 5.74) is 6.60. The average molecular weight is 227 g/mol. The summed E-state index contributed by atoms with van der Waals surface area (Å²) in [7, 11) is 0. The van der Waals surface area contributed by atoms with Gasteiger partial charge in [-0.1, -0.05) is 72.1 Å². The second kappa shape index (κ2) is 10.1. The Morgan fingerprint density at radius 2 is 1.12 bits per heavy atom. The quantitative estimate of drug-likeness (QED) is 0.492. The first-order valence-corrected chi connectivity index (χ1v) is 7.47. The molecule has 1 heteroatoms. The Bertz CT molecular complexity index is 130. The van der Waals surface area contributed by atoms with Crippen LogP contribution in [0.4, 0.5) is 0 Å². The predicted octanol–water partition coefficient (Wildman–Crippen LogP) is 5.03. The zero-order valence-corrected chi connectivity index (χ0v) is 11.9. The molecule has 0 aromatic heterocycles. The van der Waals surface area contributed by atoms with Crippen LogP contribution in [0.2, 0.25) is 0 Å². The van der Waals surface area contributed by atoms with Crippen LogP contribution in [-0.4, -0.2) is 5.54 Å². The average Bonchev–Trinajstić information content (AvgIpc) is 2.31. The molecule has 0 heterocycles. The number of nitrogens with two attached hydrogens (primary N) is 1. The highest BCUT2D eigenvalue weighted by atomic mass is 14.7. The minimum Gasteiger partial charge on any atom is -0.325 e. The van der Waals surface area contributed by atoms with Crippen molar-refractivity contribution in [3.05, 3.63) is 0 Å². The summed E-state index contributed by atoms with van der Waals surface area (Å²) < 4.78 is 0. The topological polar surface area (TPSA) is 26.0 Å². The van der Waals surface area contributed by atoms with Gasteiger partial charge in [-0.15, -0.1) is 0 Å². The maximum absolute atomic E-state index is 6.46.